The van der Waals surface area contributed by atoms with E-state index in [-0.39, 0.29) is 24.7 Å². The fourth-order valence-corrected chi connectivity index (χ4v) is 1.52. The van der Waals surface area contributed by atoms with Gasteiger partial charge in [0.2, 0.25) is 11.8 Å². The van der Waals surface area contributed by atoms with Crippen LogP contribution >= 0.6 is 0 Å². The summed E-state index contributed by atoms with van der Waals surface area (Å²) in [6.07, 6.45) is -0.326. The highest BCUT2D eigenvalue weighted by molar-refractivity contribution is 5.78. The van der Waals surface area contributed by atoms with Crippen molar-refractivity contribution in [1.29, 1.82) is 10.5 Å². The Morgan fingerprint density at radius 2 is 1.40 bits per heavy atom. The van der Waals surface area contributed by atoms with Crippen LogP contribution in [-0.2, 0) is 22.7 Å². The fraction of sp³-hybridized carbons (Fsp3) is 0.286. The molecule has 0 radical (unpaired) electrons. The van der Waals surface area contributed by atoms with Crippen molar-refractivity contribution < 1.29 is 9.59 Å². The Morgan fingerprint density at radius 3 is 1.80 bits per heavy atom. The molecule has 1 aromatic carbocycles. The van der Waals surface area contributed by atoms with Crippen LogP contribution in [-0.4, -0.2) is 11.8 Å². The largest absolute Gasteiger partial charge is 0.351 e. The van der Waals surface area contributed by atoms with E-state index in [1.165, 1.54) is 0 Å². The molecule has 6 heteroatoms. The van der Waals surface area contributed by atoms with E-state index in [4.69, 9.17) is 10.5 Å². The standard InChI is InChI=1S/C14H14N4O2/c15-6-4-13(19)17-9-11-2-1-3-12(8-11)10-18-14(20)5-7-16/h1-3,8H,4-5,9-10H2,(H,17,19)(H,18,20). The highest BCUT2D eigenvalue weighted by Gasteiger charge is 2.02. The summed E-state index contributed by atoms with van der Waals surface area (Å²) in [5.41, 5.74) is 1.76. The number of nitriles is 2. The maximum absolute atomic E-state index is 11.2. The van der Waals surface area contributed by atoms with Gasteiger partial charge in [0.25, 0.3) is 0 Å². The van der Waals surface area contributed by atoms with Gasteiger partial charge in [-0.25, -0.2) is 0 Å². The van der Waals surface area contributed by atoms with Crippen molar-refractivity contribution in [2.75, 3.05) is 0 Å². The Bertz CT molecular complexity index is 522. The summed E-state index contributed by atoms with van der Waals surface area (Å²) in [5, 5.41) is 22.0. The Morgan fingerprint density at radius 1 is 0.950 bits per heavy atom. The van der Waals surface area contributed by atoms with E-state index < -0.39 is 0 Å². The number of nitrogens with one attached hydrogen (secondary N) is 2. The third kappa shape index (κ3) is 5.65. The molecule has 0 bridgehead atoms. The summed E-state index contributed by atoms with van der Waals surface area (Å²) < 4.78 is 0. The monoisotopic (exact) mass is 270 g/mol. The van der Waals surface area contributed by atoms with Crippen LogP contribution in [0.4, 0.5) is 0 Å². The van der Waals surface area contributed by atoms with E-state index in [0.717, 1.165) is 11.1 Å². The van der Waals surface area contributed by atoms with Gasteiger partial charge in [-0.05, 0) is 11.1 Å². The number of rotatable bonds is 6. The topological polar surface area (TPSA) is 106 Å². The summed E-state index contributed by atoms with van der Waals surface area (Å²) >= 11 is 0. The molecule has 0 aliphatic heterocycles. The molecule has 2 N–H and O–H groups in total. The van der Waals surface area contributed by atoms with Crippen molar-refractivity contribution >= 4 is 11.8 Å². The molecule has 0 aliphatic rings. The number of hydrogen-bond acceptors (Lipinski definition) is 4. The van der Waals surface area contributed by atoms with E-state index in [1.807, 2.05) is 24.3 Å². The van der Waals surface area contributed by atoms with Gasteiger partial charge in [-0.2, -0.15) is 10.5 Å². The zero-order valence-corrected chi connectivity index (χ0v) is 10.8. The molecule has 0 heterocycles. The predicted octanol–water partition coefficient (Wildman–Crippen LogP) is 0.746. The minimum absolute atomic E-state index is 0.163. The van der Waals surface area contributed by atoms with Gasteiger partial charge in [-0.1, -0.05) is 24.3 Å². The van der Waals surface area contributed by atoms with E-state index >= 15 is 0 Å². The fourth-order valence-electron chi connectivity index (χ4n) is 1.52. The number of benzene rings is 1. The number of carbonyl (C=O) groups excluding carboxylic acids is 2. The Hall–Kier alpha value is -2.86. The van der Waals surface area contributed by atoms with Gasteiger partial charge in [0.1, 0.15) is 12.8 Å². The average Bonchev–Trinajstić information content (AvgIpc) is 2.44. The SMILES string of the molecule is N#CCC(=O)NCc1cccc(CNC(=O)CC#N)c1. The molecular weight excluding hydrogens is 256 g/mol. The summed E-state index contributed by atoms with van der Waals surface area (Å²) in [4.78, 5) is 22.3. The van der Waals surface area contributed by atoms with Crippen molar-refractivity contribution in [2.45, 2.75) is 25.9 Å². The number of nitrogens with zero attached hydrogens (tertiary/aromatic N) is 2. The molecule has 1 rings (SSSR count). The smallest absolute Gasteiger partial charge is 0.234 e. The Labute approximate surface area is 117 Å². The third-order valence-electron chi connectivity index (χ3n) is 2.45. The predicted molar refractivity (Wildman–Crippen MR) is 70.6 cm³/mol. The van der Waals surface area contributed by atoms with Crippen molar-refractivity contribution in [3.63, 3.8) is 0 Å². The highest BCUT2D eigenvalue weighted by Crippen LogP contribution is 2.05. The van der Waals surface area contributed by atoms with Crippen LogP contribution in [0.3, 0.4) is 0 Å². The molecule has 20 heavy (non-hydrogen) atoms. The molecule has 0 spiro atoms. The van der Waals surface area contributed by atoms with Gasteiger partial charge in [0.15, 0.2) is 0 Å². The maximum Gasteiger partial charge on any atom is 0.234 e. The van der Waals surface area contributed by atoms with Crippen molar-refractivity contribution in [3.05, 3.63) is 35.4 Å². The van der Waals surface area contributed by atoms with Crippen molar-refractivity contribution in [3.8, 4) is 12.1 Å². The number of amides is 2. The first-order valence-electron chi connectivity index (χ1n) is 6.01. The summed E-state index contributed by atoms with van der Waals surface area (Å²) in [7, 11) is 0. The first kappa shape index (κ1) is 15.2. The van der Waals surface area contributed by atoms with E-state index in [1.54, 1.807) is 12.1 Å². The van der Waals surface area contributed by atoms with Crippen LogP contribution in [0, 0.1) is 22.7 Å². The van der Waals surface area contributed by atoms with Gasteiger partial charge in [-0.3, -0.25) is 9.59 Å². The first-order valence-corrected chi connectivity index (χ1v) is 6.01. The second kappa shape index (κ2) is 8.28. The molecule has 0 unspecified atom stereocenters. The van der Waals surface area contributed by atoms with Crippen LogP contribution in [0.15, 0.2) is 24.3 Å². The lowest BCUT2D eigenvalue weighted by Crippen LogP contribution is -2.23. The molecule has 102 valence electrons. The molecule has 0 fully saturated rings. The van der Waals surface area contributed by atoms with E-state index in [0.29, 0.717) is 13.1 Å². The third-order valence-corrected chi connectivity index (χ3v) is 2.45. The second-order valence-electron chi connectivity index (χ2n) is 4.04. The lowest BCUT2D eigenvalue weighted by molar-refractivity contribution is -0.121. The van der Waals surface area contributed by atoms with Gasteiger partial charge in [0, 0.05) is 13.1 Å². The molecule has 1 aromatic rings. The summed E-state index contributed by atoms with van der Waals surface area (Å²) in [5.74, 6) is -0.638. The highest BCUT2D eigenvalue weighted by atomic mass is 16.2. The zero-order valence-electron chi connectivity index (χ0n) is 10.8. The molecule has 0 saturated heterocycles. The molecule has 0 aromatic heterocycles. The molecule has 2 amide bonds. The van der Waals surface area contributed by atoms with Crippen LogP contribution in [0.1, 0.15) is 24.0 Å². The lowest BCUT2D eigenvalue weighted by atomic mass is 10.1. The van der Waals surface area contributed by atoms with Gasteiger partial charge in [0.05, 0.1) is 12.1 Å². The van der Waals surface area contributed by atoms with Crippen LogP contribution in [0.5, 0.6) is 0 Å². The number of hydrogen-bond donors (Lipinski definition) is 2. The maximum atomic E-state index is 11.2. The Kier molecular flexibility index (Phi) is 6.29. The van der Waals surface area contributed by atoms with Crippen molar-refractivity contribution in [1.82, 2.24) is 10.6 Å². The quantitative estimate of drug-likeness (QED) is 0.795. The van der Waals surface area contributed by atoms with Crippen LogP contribution < -0.4 is 10.6 Å². The summed E-state index contributed by atoms with van der Waals surface area (Å²) in [6.45, 7) is 0.668. The van der Waals surface area contributed by atoms with Gasteiger partial charge < -0.3 is 10.6 Å². The number of carbonyl (C=O) groups is 2. The lowest BCUT2D eigenvalue weighted by Gasteiger charge is -2.07. The van der Waals surface area contributed by atoms with E-state index in [9.17, 15) is 9.59 Å². The van der Waals surface area contributed by atoms with Crippen LogP contribution in [0.2, 0.25) is 0 Å². The zero-order chi connectivity index (χ0) is 14.8. The molecular formula is C14H14N4O2. The first-order chi connectivity index (χ1) is 9.65. The van der Waals surface area contributed by atoms with Crippen molar-refractivity contribution in [2.24, 2.45) is 0 Å². The minimum atomic E-state index is -0.319. The molecule has 0 aliphatic carbocycles. The summed E-state index contributed by atoms with van der Waals surface area (Å²) in [6, 6.07) is 10.9. The van der Waals surface area contributed by atoms with Gasteiger partial charge >= 0.3 is 0 Å². The second-order valence-corrected chi connectivity index (χ2v) is 4.04. The van der Waals surface area contributed by atoms with Crippen LogP contribution in [0.25, 0.3) is 0 Å². The molecule has 6 nitrogen and oxygen atoms in total. The average molecular weight is 270 g/mol. The Balaban J connectivity index is 2.50. The normalized spacial score (nSPS) is 9.10. The molecule has 0 atom stereocenters. The van der Waals surface area contributed by atoms with E-state index in [2.05, 4.69) is 10.6 Å². The molecule has 0 saturated carbocycles. The minimum Gasteiger partial charge on any atom is -0.351 e. The van der Waals surface area contributed by atoms with Gasteiger partial charge in [-0.15, -0.1) is 0 Å².